The summed E-state index contributed by atoms with van der Waals surface area (Å²) >= 11 is 0. The van der Waals surface area contributed by atoms with E-state index in [9.17, 15) is 4.39 Å². The lowest BCUT2D eigenvalue weighted by molar-refractivity contribution is -0.129. The number of aliphatic hydroxyl groups is 3. The number of aliphatic hydroxyl groups excluding tert-OH is 3. The predicted octanol–water partition coefficient (Wildman–Crippen LogP) is -1.61. The molecule has 1 aliphatic heterocycles. The van der Waals surface area contributed by atoms with E-state index in [4.69, 9.17) is 15.3 Å². The SMILES string of the molecule is OC1O[C@H](CF)[C@@H](O)[C@@H]1O. The topological polar surface area (TPSA) is 69.9 Å². The van der Waals surface area contributed by atoms with Crippen LogP contribution in [0.5, 0.6) is 0 Å². The number of hydrogen-bond acceptors (Lipinski definition) is 4. The van der Waals surface area contributed by atoms with Gasteiger partial charge in [-0.15, -0.1) is 0 Å². The highest BCUT2D eigenvalue weighted by Gasteiger charge is 2.41. The summed E-state index contributed by atoms with van der Waals surface area (Å²) in [6, 6.07) is 0. The fourth-order valence-electron chi connectivity index (χ4n) is 0.856. The maximum atomic E-state index is 11.8. The van der Waals surface area contributed by atoms with E-state index in [1.54, 1.807) is 0 Å². The zero-order chi connectivity index (χ0) is 7.72. The molecule has 4 nitrogen and oxygen atoms in total. The van der Waals surface area contributed by atoms with Crippen LogP contribution in [0, 0.1) is 0 Å². The van der Waals surface area contributed by atoms with Crippen LogP contribution in [0.25, 0.3) is 0 Å². The van der Waals surface area contributed by atoms with Gasteiger partial charge in [0.25, 0.3) is 0 Å². The van der Waals surface area contributed by atoms with Crippen molar-refractivity contribution in [2.75, 3.05) is 6.67 Å². The summed E-state index contributed by atoms with van der Waals surface area (Å²) in [7, 11) is 0. The van der Waals surface area contributed by atoms with Crippen LogP contribution in [-0.4, -0.2) is 46.6 Å². The summed E-state index contributed by atoms with van der Waals surface area (Å²) in [6.07, 6.45) is -5.26. The Labute approximate surface area is 56.9 Å². The summed E-state index contributed by atoms with van der Waals surface area (Å²) in [5.74, 6) is 0. The first kappa shape index (κ1) is 7.87. The molecule has 1 unspecified atom stereocenters. The van der Waals surface area contributed by atoms with Crippen LogP contribution in [0.15, 0.2) is 0 Å². The lowest BCUT2D eigenvalue weighted by Gasteiger charge is -2.08. The Hall–Kier alpha value is -0.230. The fraction of sp³-hybridized carbons (Fsp3) is 1.00. The van der Waals surface area contributed by atoms with Crippen LogP contribution in [0.2, 0.25) is 0 Å². The molecule has 60 valence electrons. The maximum absolute atomic E-state index is 11.8. The second-order valence-electron chi connectivity index (χ2n) is 2.20. The van der Waals surface area contributed by atoms with Crippen LogP contribution in [0.3, 0.4) is 0 Å². The summed E-state index contributed by atoms with van der Waals surface area (Å²) in [5, 5.41) is 26.3. The first-order valence-corrected chi connectivity index (χ1v) is 2.92. The van der Waals surface area contributed by atoms with Gasteiger partial charge in [0.15, 0.2) is 6.29 Å². The van der Waals surface area contributed by atoms with Crippen molar-refractivity contribution in [2.24, 2.45) is 0 Å². The van der Waals surface area contributed by atoms with Gasteiger partial charge in [0.05, 0.1) is 0 Å². The average Bonchev–Trinajstić information content (AvgIpc) is 2.17. The Balaban J connectivity index is 2.53. The third-order valence-corrected chi connectivity index (χ3v) is 1.49. The highest BCUT2D eigenvalue weighted by molar-refractivity contribution is 4.84. The van der Waals surface area contributed by atoms with Gasteiger partial charge >= 0.3 is 0 Å². The molecular formula is C5H9FO4. The number of rotatable bonds is 1. The van der Waals surface area contributed by atoms with E-state index in [1.165, 1.54) is 0 Å². The minimum atomic E-state index is -1.46. The fourth-order valence-corrected chi connectivity index (χ4v) is 0.856. The Morgan fingerprint density at radius 3 is 2.00 bits per heavy atom. The van der Waals surface area contributed by atoms with Crippen molar-refractivity contribution < 1.29 is 24.4 Å². The molecule has 0 bridgehead atoms. The van der Waals surface area contributed by atoms with E-state index in [-0.39, 0.29) is 0 Å². The van der Waals surface area contributed by atoms with Crippen molar-refractivity contribution in [1.82, 2.24) is 0 Å². The molecule has 1 aliphatic rings. The molecule has 3 N–H and O–H groups in total. The lowest BCUT2D eigenvalue weighted by Crippen LogP contribution is -2.33. The Morgan fingerprint density at radius 1 is 1.20 bits per heavy atom. The Morgan fingerprint density at radius 2 is 1.80 bits per heavy atom. The number of hydrogen-bond donors (Lipinski definition) is 3. The van der Waals surface area contributed by atoms with E-state index < -0.39 is 31.3 Å². The van der Waals surface area contributed by atoms with E-state index in [2.05, 4.69) is 4.74 Å². The van der Waals surface area contributed by atoms with Gasteiger partial charge in [-0.3, -0.25) is 0 Å². The first-order valence-electron chi connectivity index (χ1n) is 2.92. The molecule has 10 heavy (non-hydrogen) atoms. The molecule has 0 aromatic rings. The third-order valence-electron chi connectivity index (χ3n) is 1.49. The molecule has 1 saturated heterocycles. The summed E-state index contributed by atoms with van der Waals surface area (Å²) in [4.78, 5) is 0. The molecule has 0 saturated carbocycles. The molecule has 1 rings (SSSR count). The first-order chi connectivity index (χ1) is 4.66. The van der Waals surface area contributed by atoms with E-state index in [0.29, 0.717) is 0 Å². The zero-order valence-corrected chi connectivity index (χ0v) is 5.14. The molecule has 0 aromatic carbocycles. The van der Waals surface area contributed by atoms with Crippen LogP contribution in [0.1, 0.15) is 0 Å². The molecule has 0 aliphatic carbocycles. The molecular weight excluding hydrogens is 143 g/mol. The van der Waals surface area contributed by atoms with Crippen molar-refractivity contribution in [3.05, 3.63) is 0 Å². The van der Waals surface area contributed by atoms with Crippen LogP contribution >= 0.6 is 0 Å². The molecule has 4 atom stereocenters. The van der Waals surface area contributed by atoms with Gasteiger partial charge in [-0.25, -0.2) is 4.39 Å². The Kier molecular flexibility index (Phi) is 2.20. The highest BCUT2D eigenvalue weighted by atomic mass is 19.1. The van der Waals surface area contributed by atoms with Crippen molar-refractivity contribution >= 4 is 0 Å². The molecule has 0 radical (unpaired) electrons. The Bertz CT molecular complexity index is 120. The van der Waals surface area contributed by atoms with Gasteiger partial charge in [-0.05, 0) is 0 Å². The lowest BCUT2D eigenvalue weighted by atomic mass is 10.1. The normalized spacial score (nSPS) is 48.0. The summed E-state index contributed by atoms with van der Waals surface area (Å²) < 4.78 is 16.2. The maximum Gasteiger partial charge on any atom is 0.184 e. The second kappa shape index (κ2) is 2.79. The minimum Gasteiger partial charge on any atom is -0.387 e. The molecule has 5 heteroatoms. The number of alkyl halides is 1. The predicted molar refractivity (Wildman–Crippen MR) is 28.9 cm³/mol. The van der Waals surface area contributed by atoms with Crippen molar-refractivity contribution in [3.63, 3.8) is 0 Å². The third kappa shape index (κ3) is 1.13. The van der Waals surface area contributed by atoms with Crippen LogP contribution in [0.4, 0.5) is 4.39 Å². The van der Waals surface area contributed by atoms with Gasteiger partial charge in [0, 0.05) is 0 Å². The molecule has 1 heterocycles. The number of ether oxygens (including phenoxy) is 1. The van der Waals surface area contributed by atoms with Crippen molar-refractivity contribution in [3.8, 4) is 0 Å². The molecule has 0 amide bonds. The quantitative estimate of drug-likeness (QED) is 0.423. The van der Waals surface area contributed by atoms with E-state index in [0.717, 1.165) is 0 Å². The minimum absolute atomic E-state index is 0.907. The van der Waals surface area contributed by atoms with Crippen molar-refractivity contribution in [1.29, 1.82) is 0 Å². The average molecular weight is 152 g/mol. The largest absolute Gasteiger partial charge is 0.387 e. The van der Waals surface area contributed by atoms with Crippen molar-refractivity contribution in [2.45, 2.75) is 24.6 Å². The second-order valence-corrected chi connectivity index (χ2v) is 2.20. The van der Waals surface area contributed by atoms with Gasteiger partial charge < -0.3 is 20.1 Å². The van der Waals surface area contributed by atoms with E-state index in [1.807, 2.05) is 0 Å². The summed E-state index contributed by atoms with van der Waals surface area (Å²) in [6.45, 7) is -0.907. The highest BCUT2D eigenvalue weighted by Crippen LogP contribution is 2.19. The monoisotopic (exact) mass is 152 g/mol. The van der Waals surface area contributed by atoms with E-state index >= 15 is 0 Å². The van der Waals surface area contributed by atoms with Gasteiger partial charge in [-0.2, -0.15) is 0 Å². The standard InChI is InChI=1S/C5H9FO4/c6-1-2-3(7)4(8)5(9)10-2/h2-5,7-9H,1H2/t2-,3-,4+,5?/m1/s1. The smallest absolute Gasteiger partial charge is 0.184 e. The van der Waals surface area contributed by atoms with Gasteiger partial charge in [0.1, 0.15) is 25.0 Å². The molecule has 0 spiro atoms. The molecule has 1 fully saturated rings. The zero-order valence-electron chi connectivity index (χ0n) is 5.14. The van der Waals surface area contributed by atoms with Crippen LogP contribution in [-0.2, 0) is 4.74 Å². The van der Waals surface area contributed by atoms with Crippen LogP contribution < -0.4 is 0 Å². The van der Waals surface area contributed by atoms with Gasteiger partial charge in [0.2, 0.25) is 0 Å². The van der Waals surface area contributed by atoms with Gasteiger partial charge in [-0.1, -0.05) is 0 Å². The number of halogens is 1. The summed E-state index contributed by atoms with van der Waals surface area (Å²) in [5.41, 5.74) is 0. The molecule has 0 aromatic heterocycles.